The summed E-state index contributed by atoms with van der Waals surface area (Å²) in [5.74, 6) is -2.13. The van der Waals surface area contributed by atoms with E-state index < -0.39 is 11.6 Å². The van der Waals surface area contributed by atoms with Crippen LogP contribution in [-0.4, -0.2) is 0 Å². The zero-order valence-electron chi connectivity index (χ0n) is 14.1. The molecule has 128 valence electrons. The van der Waals surface area contributed by atoms with Crippen molar-refractivity contribution in [3.05, 3.63) is 95.8 Å². The Morgan fingerprint density at radius 2 is 1.27 bits per heavy atom. The van der Waals surface area contributed by atoms with Gasteiger partial charge < -0.3 is 0 Å². The molecular weight excluding hydrogens is 333 g/mol. The van der Waals surface area contributed by atoms with Crippen molar-refractivity contribution in [3.63, 3.8) is 0 Å². The van der Waals surface area contributed by atoms with Crippen LogP contribution in [0.3, 0.4) is 0 Å². The van der Waals surface area contributed by atoms with E-state index in [1.165, 1.54) is 18.2 Å². The average Bonchev–Trinajstić information content (AvgIpc) is 2.65. The number of hydrogen-bond acceptors (Lipinski definition) is 0. The second kappa shape index (κ2) is 6.34. The highest BCUT2D eigenvalue weighted by Gasteiger charge is 2.11. The van der Waals surface area contributed by atoms with E-state index in [1.807, 2.05) is 37.3 Å². The van der Waals surface area contributed by atoms with E-state index in [2.05, 4.69) is 0 Å². The first-order chi connectivity index (χ1) is 12.5. The molecule has 0 N–H and O–H groups in total. The van der Waals surface area contributed by atoms with Crippen molar-refractivity contribution in [1.82, 2.24) is 0 Å². The van der Waals surface area contributed by atoms with Crippen LogP contribution in [0.15, 0.2) is 72.8 Å². The van der Waals surface area contributed by atoms with Gasteiger partial charge in [0, 0.05) is 10.9 Å². The second-order valence-corrected chi connectivity index (χ2v) is 6.36. The second-order valence-electron chi connectivity index (χ2n) is 6.36. The summed E-state index contributed by atoms with van der Waals surface area (Å²) in [5.41, 5.74) is 3.92. The molecule has 0 bridgehead atoms. The maximum Gasteiger partial charge on any atom is 0.166 e. The van der Waals surface area contributed by atoms with Gasteiger partial charge in [0.05, 0.1) is 0 Å². The van der Waals surface area contributed by atoms with Gasteiger partial charge in [0.2, 0.25) is 0 Å². The van der Waals surface area contributed by atoms with Crippen LogP contribution in [0.5, 0.6) is 0 Å². The monoisotopic (exact) mass is 348 g/mol. The Balaban J connectivity index is 1.77. The molecule has 0 aromatic heterocycles. The predicted octanol–water partition coefficient (Wildman–Crippen LogP) is 6.90. The molecule has 3 heteroatoms. The summed E-state index contributed by atoms with van der Waals surface area (Å²) < 4.78 is 41.9. The van der Waals surface area contributed by atoms with Gasteiger partial charge in [-0.05, 0) is 47.2 Å². The van der Waals surface area contributed by atoms with Crippen LogP contribution in [0, 0.1) is 24.4 Å². The van der Waals surface area contributed by atoms with Gasteiger partial charge in [0.1, 0.15) is 5.82 Å². The number of hydrogen-bond donors (Lipinski definition) is 0. The van der Waals surface area contributed by atoms with Crippen LogP contribution in [0.25, 0.3) is 33.0 Å². The molecule has 4 aromatic rings. The third kappa shape index (κ3) is 2.86. The van der Waals surface area contributed by atoms with Crippen molar-refractivity contribution in [2.75, 3.05) is 0 Å². The molecule has 0 saturated carbocycles. The molecule has 0 heterocycles. The molecule has 0 amide bonds. The van der Waals surface area contributed by atoms with Crippen LogP contribution in [-0.2, 0) is 0 Å². The molecule has 4 aromatic carbocycles. The summed E-state index contributed by atoms with van der Waals surface area (Å²) in [6, 6.07) is 20.3. The zero-order chi connectivity index (χ0) is 18.3. The first kappa shape index (κ1) is 16.4. The maximum atomic E-state index is 14.7. The lowest BCUT2D eigenvalue weighted by Gasteiger charge is -2.09. The van der Waals surface area contributed by atoms with Crippen LogP contribution < -0.4 is 0 Å². The zero-order valence-corrected chi connectivity index (χ0v) is 14.1. The summed E-state index contributed by atoms with van der Waals surface area (Å²) in [7, 11) is 0. The molecule has 0 atom stereocenters. The Labute approximate surface area is 149 Å². The molecule has 0 aliphatic rings. The smallest absolute Gasteiger partial charge is 0.166 e. The van der Waals surface area contributed by atoms with Crippen molar-refractivity contribution in [2.24, 2.45) is 0 Å². The molecule has 0 fully saturated rings. The van der Waals surface area contributed by atoms with E-state index >= 15 is 0 Å². The lowest BCUT2D eigenvalue weighted by Crippen LogP contribution is -1.89. The third-order valence-corrected chi connectivity index (χ3v) is 4.57. The Morgan fingerprint density at radius 3 is 2.00 bits per heavy atom. The Hall–Kier alpha value is -3.07. The third-order valence-electron chi connectivity index (χ3n) is 4.57. The Morgan fingerprint density at radius 1 is 0.577 bits per heavy atom. The minimum absolute atomic E-state index is 0.186. The molecule has 26 heavy (non-hydrogen) atoms. The van der Waals surface area contributed by atoms with Crippen molar-refractivity contribution < 1.29 is 13.2 Å². The highest BCUT2D eigenvalue weighted by atomic mass is 19.2. The molecule has 0 radical (unpaired) electrons. The van der Waals surface area contributed by atoms with Gasteiger partial charge in [0.25, 0.3) is 0 Å². The number of rotatable bonds is 2. The molecule has 0 spiro atoms. The number of halogens is 3. The van der Waals surface area contributed by atoms with Crippen LogP contribution in [0.1, 0.15) is 5.56 Å². The van der Waals surface area contributed by atoms with Crippen molar-refractivity contribution >= 4 is 10.8 Å². The van der Waals surface area contributed by atoms with Gasteiger partial charge in [-0.15, -0.1) is 0 Å². The highest BCUT2D eigenvalue weighted by Crippen LogP contribution is 2.31. The first-order valence-corrected chi connectivity index (χ1v) is 8.28. The Kier molecular flexibility index (Phi) is 4.00. The van der Waals surface area contributed by atoms with Gasteiger partial charge in [-0.1, -0.05) is 60.2 Å². The highest BCUT2D eigenvalue weighted by molar-refractivity contribution is 5.88. The van der Waals surface area contributed by atoms with Gasteiger partial charge >= 0.3 is 0 Å². The van der Waals surface area contributed by atoms with Crippen LogP contribution in [0.4, 0.5) is 13.2 Å². The van der Waals surface area contributed by atoms with E-state index in [1.54, 1.807) is 18.2 Å². The summed E-state index contributed by atoms with van der Waals surface area (Å²) in [5, 5.41) is 0.717. The van der Waals surface area contributed by atoms with Gasteiger partial charge in [-0.25, -0.2) is 13.2 Å². The molecule has 0 nitrogen and oxygen atoms in total. The first-order valence-electron chi connectivity index (χ1n) is 8.28. The molecule has 0 unspecified atom stereocenters. The quantitative estimate of drug-likeness (QED) is 0.370. The SMILES string of the molecule is Cc1ccc(-c2ccc(-c3ccc4c(F)c(F)ccc4c3)c(F)c2)cc1. The fourth-order valence-electron chi connectivity index (χ4n) is 3.11. The lowest BCUT2D eigenvalue weighted by atomic mass is 9.97. The van der Waals surface area contributed by atoms with Crippen molar-refractivity contribution in [3.8, 4) is 22.3 Å². The fourth-order valence-corrected chi connectivity index (χ4v) is 3.11. The standard InChI is InChI=1S/C23H15F3/c1-14-2-4-15(5-3-14)16-6-9-19(22(25)13-16)17-7-10-20-18(12-17)8-11-21(24)23(20)26/h2-13H,1H3. The van der Waals surface area contributed by atoms with E-state index in [4.69, 9.17) is 0 Å². The van der Waals surface area contributed by atoms with Crippen molar-refractivity contribution in [2.45, 2.75) is 6.92 Å². The number of benzene rings is 4. The number of aryl methyl sites for hydroxylation is 1. The molecular formula is C23H15F3. The molecule has 0 aliphatic carbocycles. The number of fused-ring (bicyclic) bond motifs is 1. The predicted molar refractivity (Wildman–Crippen MR) is 99.4 cm³/mol. The molecule has 0 aliphatic heterocycles. The topological polar surface area (TPSA) is 0 Å². The van der Waals surface area contributed by atoms with Crippen molar-refractivity contribution in [1.29, 1.82) is 0 Å². The summed E-state index contributed by atoms with van der Waals surface area (Å²) in [4.78, 5) is 0. The van der Waals surface area contributed by atoms with Crippen LogP contribution in [0.2, 0.25) is 0 Å². The maximum absolute atomic E-state index is 14.7. The largest absolute Gasteiger partial charge is 0.206 e. The van der Waals surface area contributed by atoms with Gasteiger partial charge in [-0.2, -0.15) is 0 Å². The summed E-state index contributed by atoms with van der Waals surface area (Å²) >= 11 is 0. The minimum Gasteiger partial charge on any atom is -0.206 e. The molecule has 0 saturated heterocycles. The lowest BCUT2D eigenvalue weighted by molar-refractivity contribution is 0.517. The van der Waals surface area contributed by atoms with Gasteiger partial charge in [-0.3, -0.25) is 0 Å². The van der Waals surface area contributed by atoms with E-state index in [9.17, 15) is 13.2 Å². The average molecular weight is 348 g/mol. The van der Waals surface area contributed by atoms with Crippen LogP contribution >= 0.6 is 0 Å². The Bertz CT molecular complexity index is 1110. The minimum atomic E-state index is -0.890. The van der Waals surface area contributed by atoms with E-state index in [0.717, 1.165) is 22.8 Å². The summed E-state index contributed by atoms with van der Waals surface area (Å²) in [6.45, 7) is 2.00. The normalized spacial score (nSPS) is 11.1. The molecule has 4 rings (SSSR count). The van der Waals surface area contributed by atoms with E-state index in [0.29, 0.717) is 16.5 Å². The van der Waals surface area contributed by atoms with Gasteiger partial charge in [0.15, 0.2) is 11.6 Å². The summed E-state index contributed by atoms with van der Waals surface area (Å²) in [6.07, 6.45) is 0. The fraction of sp³-hybridized carbons (Fsp3) is 0.0435. The van der Waals surface area contributed by atoms with E-state index in [-0.39, 0.29) is 11.2 Å².